The summed E-state index contributed by atoms with van der Waals surface area (Å²) in [5.41, 5.74) is 4.50. The van der Waals surface area contributed by atoms with E-state index in [-0.39, 0.29) is 18.9 Å². The third kappa shape index (κ3) is 5.10. The molecule has 2 N–H and O–H groups in total. The Labute approximate surface area is 185 Å². The van der Waals surface area contributed by atoms with Crippen LogP contribution in [-0.2, 0) is 20.9 Å². The summed E-state index contributed by atoms with van der Waals surface area (Å²) in [6.07, 6.45) is 1.35. The largest absolute Gasteiger partial charge is 0.481 e. The number of carbonyl (C=O) groups is 2. The van der Waals surface area contributed by atoms with E-state index in [2.05, 4.69) is 9.97 Å². The molecule has 0 amide bonds. The summed E-state index contributed by atoms with van der Waals surface area (Å²) >= 11 is 0. The number of carboxylic acids is 1. The van der Waals surface area contributed by atoms with Crippen LogP contribution in [0.2, 0.25) is 0 Å². The second-order valence-corrected chi connectivity index (χ2v) is 7.36. The van der Waals surface area contributed by atoms with Gasteiger partial charge in [0.15, 0.2) is 0 Å². The van der Waals surface area contributed by atoms with Gasteiger partial charge >= 0.3 is 11.9 Å². The van der Waals surface area contributed by atoms with Crippen LogP contribution in [0.4, 0.5) is 0 Å². The van der Waals surface area contributed by atoms with Crippen molar-refractivity contribution in [2.75, 3.05) is 0 Å². The van der Waals surface area contributed by atoms with Gasteiger partial charge in [0.05, 0.1) is 12.1 Å². The predicted octanol–water partition coefficient (Wildman–Crippen LogP) is 5.05. The van der Waals surface area contributed by atoms with Crippen molar-refractivity contribution < 1.29 is 19.4 Å². The lowest BCUT2D eigenvalue weighted by Gasteiger charge is -2.10. The molecule has 0 saturated carbocycles. The number of aliphatic carboxylic acids is 1. The molecule has 6 nitrogen and oxygen atoms in total. The van der Waals surface area contributed by atoms with Gasteiger partial charge in [-0.15, -0.1) is 0 Å². The zero-order valence-electron chi connectivity index (χ0n) is 17.3. The number of nitrogens with one attached hydrogen (secondary N) is 1. The Morgan fingerprint density at radius 3 is 2.09 bits per heavy atom. The summed E-state index contributed by atoms with van der Waals surface area (Å²) in [4.78, 5) is 31.4. The van der Waals surface area contributed by atoms with Crippen LogP contribution in [-0.4, -0.2) is 27.0 Å². The van der Waals surface area contributed by atoms with Gasteiger partial charge < -0.3 is 14.8 Å². The van der Waals surface area contributed by atoms with Gasteiger partial charge in [-0.2, -0.15) is 0 Å². The zero-order chi connectivity index (χ0) is 22.3. The second kappa shape index (κ2) is 9.75. The molecule has 0 aliphatic heterocycles. The van der Waals surface area contributed by atoms with Crippen LogP contribution in [0.1, 0.15) is 23.7 Å². The molecule has 1 heterocycles. The number of esters is 1. The van der Waals surface area contributed by atoms with E-state index in [0.717, 1.165) is 22.3 Å². The Balaban J connectivity index is 1.44. The summed E-state index contributed by atoms with van der Waals surface area (Å²) in [5, 5.41) is 9.64. The van der Waals surface area contributed by atoms with Gasteiger partial charge in [-0.1, -0.05) is 84.9 Å². The topological polar surface area (TPSA) is 92.3 Å². The Hall–Kier alpha value is -4.19. The highest BCUT2D eigenvalue weighted by Crippen LogP contribution is 2.26. The third-order valence-corrected chi connectivity index (χ3v) is 5.13. The van der Waals surface area contributed by atoms with Crippen LogP contribution in [0, 0.1) is 0 Å². The molecule has 1 atom stereocenters. The van der Waals surface area contributed by atoms with E-state index >= 15 is 0 Å². The number of hydrogen-bond donors (Lipinski definition) is 2. The van der Waals surface area contributed by atoms with Crippen LogP contribution >= 0.6 is 0 Å². The first-order valence-electron chi connectivity index (χ1n) is 10.2. The van der Waals surface area contributed by atoms with Crippen LogP contribution < -0.4 is 0 Å². The van der Waals surface area contributed by atoms with Crippen molar-refractivity contribution >= 4 is 11.9 Å². The molecule has 1 aromatic heterocycles. The number of imidazole rings is 1. The lowest BCUT2D eigenvalue weighted by Crippen LogP contribution is -2.19. The summed E-state index contributed by atoms with van der Waals surface area (Å²) in [6, 6.07) is 27.1. The number of aromatic amines is 1. The first-order chi connectivity index (χ1) is 15.6. The molecule has 0 spiro atoms. The fraction of sp³-hybridized carbons (Fsp3) is 0.115. The van der Waals surface area contributed by atoms with Crippen molar-refractivity contribution in [1.29, 1.82) is 0 Å². The number of hydrogen-bond acceptors (Lipinski definition) is 4. The fourth-order valence-electron chi connectivity index (χ4n) is 3.39. The number of aromatic nitrogens is 2. The maximum Gasteiger partial charge on any atom is 0.314 e. The number of carboxylic acid groups (broad SMARTS) is 1. The number of rotatable bonds is 8. The number of benzene rings is 3. The van der Waals surface area contributed by atoms with E-state index in [1.165, 1.54) is 0 Å². The van der Waals surface area contributed by atoms with E-state index in [4.69, 9.17) is 4.74 Å². The number of nitrogens with zero attached hydrogens (tertiary/aromatic N) is 1. The van der Waals surface area contributed by atoms with Crippen molar-refractivity contribution in [2.24, 2.45) is 0 Å². The smallest absolute Gasteiger partial charge is 0.314 e. The Morgan fingerprint density at radius 2 is 1.44 bits per heavy atom. The molecule has 0 radical (unpaired) electrons. The second-order valence-electron chi connectivity index (χ2n) is 7.36. The van der Waals surface area contributed by atoms with Crippen LogP contribution in [0.15, 0.2) is 91.1 Å². The van der Waals surface area contributed by atoms with E-state index in [1.54, 1.807) is 6.20 Å². The summed E-state index contributed by atoms with van der Waals surface area (Å²) < 4.78 is 5.23. The molecule has 1 unspecified atom stereocenters. The van der Waals surface area contributed by atoms with Gasteiger partial charge in [0.1, 0.15) is 18.3 Å². The molecule has 6 heteroatoms. The quantitative estimate of drug-likeness (QED) is 0.385. The standard InChI is InChI=1S/C26H22N2O4/c29-24(32-17-18-7-3-1-4-8-18)15-22(26(30)31)25-27-16-23(28-25)21-13-11-20(12-14-21)19-9-5-2-6-10-19/h1-14,16,22H,15,17H2,(H,27,28)(H,30,31). The van der Waals surface area contributed by atoms with Gasteiger partial charge in [0.2, 0.25) is 0 Å². The highest BCUT2D eigenvalue weighted by Gasteiger charge is 2.27. The van der Waals surface area contributed by atoms with Gasteiger partial charge in [-0.25, -0.2) is 4.98 Å². The van der Waals surface area contributed by atoms with Crippen LogP contribution in [0.3, 0.4) is 0 Å². The fourth-order valence-corrected chi connectivity index (χ4v) is 3.39. The average molecular weight is 426 g/mol. The number of H-pyrrole nitrogens is 1. The molecule has 0 bridgehead atoms. The van der Waals surface area contributed by atoms with E-state index < -0.39 is 17.9 Å². The van der Waals surface area contributed by atoms with Crippen molar-refractivity contribution in [3.05, 3.63) is 103 Å². The molecular formula is C26H22N2O4. The molecule has 0 fully saturated rings. The minimum absolute atomic E-state index is 0.100. The third-order valence-electron chi connectivity index (χ3n) is 5.13. The molecule has 0 aliphatic carbocycles. The van der Waals surface area contributed by atoms with Crippen molar-refractivity contribution in [2.45, 2.75) is 18.9 Å². The Kier molecular flexibility index (Phi) is 6.41. The highest BCUT2D eigenvalue weighted by atomic mass is 16.5. The highest BCUT2D eigenvalue weighted by molar-refractivity contribution is 5.82. The van der Waals surface area contributed by atoms with Gasteiger partial charge in [0.25, 0.3) is 0 Å². The monoisotopic (exact) mass is 426 g/mol. The van der Waals surface area contributed by atoms with E-state index in [1.807, 2.05) is 84.9 Å². The molecule has 0 saturated heterocycles. The number of ether oxygens (including phenoxy) is 1. The first-order valence-corrected chi connectivity index (χ1v) is 10.2. The lowest BCUT2D eigenvalue weighted by atomic mass is 10.0. The van der Waals surface area contributed by atoms with Gasteiger partial charge in [-0.05, 0) is 16.7 Å². The van der Waals surface area contributed by atoms with E-state index in [9.17, 15) is 14.7 Å². The van der Waals surface area contributed by atoms with Gasteiger partial charge in [-0.3, -0.25) is 9.59 Å². The molecule has 160 valence electrons. The van der Waals surface area contributed by atoms with Crippen molar-refractivity contribution in [3.8, 4) is 22.4 Å². The zero-order valence-corrected chi connectivity index (χ0v) is 17.3. The normalized spacial score (nSPS) is 11.6. The molecule has 4 rings (SSSR count). The first kappa shape index (κ1) is 21.1. The average Bonchev–Trinajstić information content (AvgIpc) is 3.32. The minimum atomic E-state index is -1.14. The maximum atomic E-state index is 12.2. The minimum Gasteiger partial charge on any atom is -0.481 e. The Bertz CT molecular complexity index is 1190. The van der Waals surface area contributed by atoms with Crippen LogP contribution in [0.5, 0.6) is 0 Å². The number of carbonyl (C=O) groups excluding carboxylic acids is 1. The summed E-state index contributed by atoms with van der Waals surface area (Å²) in [7, 11) is 0. The molecule has 32 heavy (non-hydrogen) atoms. The Morgan fingerprint density at radius 1 is 0.844 bits per heavy atom. The maximum absolute atomic E-state index is 12.2. The lowest BCUT2D eigenvalue weighted by molar-refractivity contribution is -0.150. The SMILES string of the molecule is O=C(CC(C(=O)O)c1nc(-c2ccc(-c3ccccc3)cc2)c[nH]1)OCc1ccccc1. The molecular weight excluding hydrogens is 404 g/mol. The van der Waals surface area contributed by atoms with Crippen LogP contribution in [0.25, 0.3) is 22.4 Å². The molecule has 3 aromatic carbocycles. The summed E-state index contributed by atoms with van der Waals surface area (Å²) in [5.74, 6) is -2.62. The molecule has 4 aromatic rings. The predicted molar refractivity (Wildman–Crippen MR) is 121 cm³/mol. The molecule has 0 aliphatic rings. The van der Waals surface area contributed by atoms with Gasteiger partial charge in [0, 0.05) is 11.8 Å². The summed E-state index contributed by atoms with van der Waals surface area (Å²) in [6.45, 7) is 0.100. The van der Waals surface area contributed by atoms with E-state index in [0.29, 0.717) is 5.69 Å². The van der Waals surface area contributed by atoms with Crippen molar-refractivity contribution in [3.63, 3.8) is 0 Å². The van der Waals surface area contributed by atoms with Crippen molar-refractivity contribution in [1.82, 2.24) is 9.97 Å².